The monoisotopic (exact) mass is 287 g/mol. The number of aliphatic hydroxyl groups excluding tert-OH is 1. The first-order valence-corrected chi connectivity index (χ1v) is 5.97. The van der Waals surface area contributed by atoms with E-state index in [1.54, 1.807) is 30.3 Å². The van der Waals surface area contributed by atoms with Gasteiger partial charge in [0.25, 0.3) is 0 Å². The number of nitrogens with zero attached hydrogens (tertiary/aromatic N) is 1. The molecule has 0 saturated heterocycles. The molecule has 0 aliphatic heterocycles. The summed E-state index contributed by atoms with van der Waals surface area (Å²) in [5.41, 5.74) is 1.93. The summed E-state index contributed by atoms with van der Waals surface area (Å²) >= 11 is 17.8. The van der Waals surface area contributed by atoms with E-state index in [4.69, 9.17) is 34.8 Å². The van der Waals surface area contributed by atoms with Gasteiger partial charge in [-0.3, -0.25) is 0 Å². The second-order valence-electron chi connectivity index (χ2n) is 3.41. The predicted octanol–water partition coefficient (Wildman–Crippen LogP) is 4.20. The van der Waals surface area contributed by atoms with Gasteiger partial charge in [0, 0.05) is 21.2 Å². The summed E-state index contributed by atoms with van der Waals surface area (Å²) < 4.78 is 0. The first-order chi connectivity index (χ1) is 8.11. The van der Waals surface area contributed by atoms with Crippen LogP contribution in [0.4, 0.5) is 0 Å². The summed E-state index contributed by atoms with van der Waals surface area (Å²) in [5.74, 6) is 0. The Morgan fingerprint density at radius 1 is 1.00 bits per heavy atom. The van der Waals surface area contributed by atoms with Crippen molar-refractivity contribution in [3.8, 4) is 11.1 Å². The SMILES string of the molecule is OCc1nc(Cl)ccc1-c1cc(Cl)ccc1Cl. The highest BCUT2D eigenvalue weighted by Gasteiger charge is 2.10. The molecule has 5 heteroatoms. The molecule has 0 bridgehead atoms. The molecule has 88 valence electrons. The maximum absolute atomic E-state index is 9.27. The third kappa shape index (κ3) is 2.72. The molecule has 17 heavy (non-hydrogen) atoms. The van der Waals surface area contributed by atoms with Gasteiger partial charge in [0.05, 0.1) is 12.3 Å². The van der Waals surface area contributed by atoms with Gasteiger partial charge >= 0.3 is 0 Å². The number of pyridine rings is 1. The van der Waals surface area contributed by atoms with E-state index >= 15 is 0 Å². The van der Waals surface area contributed by atoms with Gasteiger partial charge in [0.2, 0.25) is 0 Å². The number of aromatic nitrogens is 1. The third-order valence-electron chi connectivity index (χ3n) is 2.31. The summed E-state index contributed by atoms with van der Waals surface area (Å²) in [6, 6.07) is 8.55. The fourth-order valence-corrected chi connectivity index (χ4v) is 2.10. The van der Waals surface area contributed by atoms with E-state index in [9.17, 15) is 5.11 Å². The molecule has 1 aromatic heterocycles. The fraction of sp³-hybridized carbons (Fsp3) is 0.0833. The van der Waals surface area contributed by atoms with Crippen LogP contribution < -0.4 is 0 Å². The van der Waals surface area contributed by atoms with Crippen LogP contribution in [0.5, 0.6) is 0 Å². The molecule has 0 amide bonds. The van der Waals surface area contributed by atoms with Crippen molar-refractivity contribution in [1.29, 1.82) is 0 Å². The van der Waals surface area contributed by atoms with E-state index in [1.165, 1.54) is 0 Å². The van der Waals surface area contributed by atoms with Crippen molar-refractivity contribution < 1.29 is 5.11 Å². The van der Waals surface area contributed by atoms with E-state index in [1.807, 2.05) is 0 Å². The molecular formula is C12H8Cl3NO. The molecular weight excluding hydrogens is 280 g/mol. The Balaban J connectivity index is 2.63. The van der Waals surface area contributed by atoms with Gasteiger partial charge in [-0.2, -0.15) is 0 Å². The summed E-state index contributed by atoms with van der Waals surface area (Å²) in [6.07, 6.45) is 0. The minimum Gasteiger partial charge on any atom is -0.390 e. The minimum atomic E-state index is -0.210. The quantitative estimate of drug-likeness (QED) is 0.840. The Hall–Kier alpha value is -0.800. The molecule has 1 aromatic carbocycles. The van der Waals surface area contributed by atoms with Gasteiger partial charge in [-0.15, -0.1) is 0 Å². The Morgan fingerprint density at radius 3 is 2.47 bits per heavy atom. The van der Waals surface area contributed by atoms with Gasteiger partial charge in [0.1, 0.15) is 5.15 Å². The van der Waals surface area contributed by atoms with Crippen LogP contribution in [0.15, 0.2) is 30.3 Å². The molecule has 2 aromatic rings. The van der Waals surface area contributed by atoms with Gasteiger partial charge in [-0.25, -0.2) is 4.98 Å². The highest BCUT2D eigenvalue weighted by atomic mass is 35.5. The second kappa shape index (κ2) is 5.23. The highest BCUT2D eigenvalue weighted by molar-refractivity contribution is 6.35. The van der Waals surface area contributed by atoms with Crippen molar-refractivity contribution >= 4 is 34.8 Å². The first kappa shape index (κ1) is 12.7. The third-order valence-corrected chi connectivity index (χ3v) is 3.08. The Morgan fingerprint density at radius 2 is 1.76 bits per heavy atom. The second-order valence-corrected chi connectivity index (χ2v) is 4.64. The number of aliphatic hydroxyl groups is 1. The van der Waals surface area contributed by atoms with Crippen LogP contribution in [-0.2, 0) is 6.61 Å². The van der Waals surface area contributed by atoms with Crippen molar-refractivity contribution in [1.82, 2.24) is 4.98 Å². The van der Waals surface area contributed by atoms with Crippen LogP contribution in [0.2, 0.25) is 15.2 Å². The minimum absolute atomic E-state index is 0.210. The van der Waals surface area contributed by atoms with E-state index in [-0.39, 0.29) is 6.61 Å². The molecule has 0 saturated carbocycles. The molecule has 0 fully saturated rings. The number of benzene rings is 1. The van der Waals surface area contributed by atoms with Crippen LogP contribution in [0, 0.1) is 0 Å². The normalized spacial score (nSPS) is 10.6. The molecule has 2 rings (SSSR count). The maximum atomic E-state index is 9.27. The lowest BCUT2D eigenvalue weighted by atomic mass is 10.0. The lowest BCUT2D eigenvalue weighted by Gasteiger charge is -2.09. The number of halogens is 3. The van der Waals surface area contributed by atoms with Crippen molar-refractivity contribution in [2.24, 2.45) is 0 Å². The predicted molar refractivity (Wildman–Crippen MR) is 70.6 cm³/mol. The van der Waals surface area contributed by atoms with Gasteiger partial charge in [-0.05, 0) is 30.3 Å². The number of rotatable bonds is 2. The van der Waals surface area contributed by atoms with E-state index in [0.29, 0.717) is 20.9 Å². The van der Waals surface area contributed by atoms with Crippen LogP contribution >= 0.6 is 34.8 Å². The Bertz CT molecular complexity index is 557. The molecule has 1 heterocycles. The van der Waals surface area contributed by atoms with Gasteiger partial charge in [-0.1, -0.05) is 34.8 Å². The average molecular weight is 289 g/mol. The number of hydrogen-bond acceptors (Lipinski definition) is 2. The topological polar surface area (TPSA) is 33.1 Å². The molecule has 0 aliphatic rings. The summed E-state index contributed by atoms with van der Waals surface area (Å²) in [5, 5.41) is 10.7. The van der Waals surface area contributed by atoms with E-state index < -0.39 is 0 Å². The van der Waals surface area contributed by atoms with E-state index in [0.717, 1.165) is 11.1 Å². The smallest absolute Gasteiger partial charge is 0.129 e. The van der Waals surface area contributed by atoms with Crippen LogP contribution in [-0.4, -0.2) is 10.1 Å². The highest BCUT2D eigenvalue weighted by Crippen LogP contribution is 2.32. The molecule has 0 radical (unpaired) electrons. The lowest BCUT2D eigenvalue weighted by Crippen LogP contribution is -1.94. The molecule has 1 N–H and O–H groups in total. The van der Waals surface area contributed by atoms with Crippen molar-refractivity contribution in [3.63, 3.8) is 0 Å². The Kier molecular flexibility index (Phi) is 3.89. The van der Waals surface area contributed by atoms with Crippen molar-refractivity contribution in [3.05, 3.63) is 51.2 Å². The summed E-state index contributed by atoms with van der Waals surface area (Å²) in [7, 11) is 0. The lowest BCUT2D eigenvalue weighted by molar-refractivity contribution is 0.277. The molecule has 0 unspecified atom stereocenters. The van der Waals surface area contributed by atoms with Crippen molar-refractivity contribution in [2.75, 3.05) is 0 Å². The standard InChI is InChI=1S/C12H8Cl3NO/c13-7-1-3-10(14)9(5-7)8-2-4-12(15)16-11(8)6-17/h1-5,17H,6H2. The van der Waals surface area contributed by atoms with Gasteiger partial charge in [0.15, 0.2) is 0 Å². The van der Waals surface area contributed by atoms with Crippen molar-refractivity contribution in [2.45, 2.75) is 6.61 Å². The molecule has 2 nitrogen and oxygen atoms in total. The summed E-state index contributed by atoms with van der Waals surface area (Å²) in [4.78, 5) is 4.05. The largest absolute Gasteiger partial charge is 0.390 e. The molecule has 0 spiro atoms. The molecule has 0 atom stereocenters. The summed E-state index contributed by atoms with van der Waals surface area (Å²) in [6.45, 7) is -0.210. The zero-order valence-corrected chi connectivity index (χ0v) is 10.9. The Labute approximate surface area is 114 Å². The zero-order valence-electron chi connectivity index (χ0n) is 8.62. The first-order valence-electron chi connectivity index (χ1n) is 4.83. The van der Waals surface area contributed by atoms with Crippen LogP contribution in [0.3, 0.4) is 0 Å². The van der Waals surface area contributed by atoms with Crippen LogP contribution in [0.1, 0.15) is 5.69 Å². The average Bonchev–Trinajstić information content (AvgIpc) is 2.32. The van der Waals surface area contributed by atoms with E-state index in [2.05, 4.69) is 4.98 Å². The van der Waals surface area contributed by atoms with Gasteiger partial charge < -0.3 is 5.11 Å². The van der Waals surface area contributed by atoms with Crippen LogP contribution in [0.25, 0.3) is 11.1 Å². The molecule has 0 aliphatic carbocycles. The maximum Gasteiger partial charge on any atom is 0.129 e. The fourth-order valence-electron chi connectivity index (χ4n) is 1.54. The zero-order chi connectivity index (χ0) is 12.4. The number of hydrogen-bond donors (Lipinski definition) is 1.